The molecular weight excluding hydrogens is 310 g/mol. The van der Waals surface area contributed by atoms with E-state index in [1.807, 2.05) is 13.8 Å². The van der Waals surface area contributed by atoms with Gasteiger partial charge < -0.3 is 20.7 Å². The third kappa shape index (κ3) is 5.69. The number of likely N-dealkylation sites (tertiary alicyclic amines) is 1. The second-order valence-electron chi connectivity index (χ2n) is 7.46. The molecular formula is C17H31N3O4. The summed E-state index contributed by atoms with van der Waals surface area (Å²) in [7, 11) is 0. The molecule has 1 rings (SSSR count). The summed E-state index contributed by atoms with van der Waals surface area (Å²) >= 11 is 0. The van der Waals surface area contributed by atoms with Crippen molar-refractivity contribution in [3.05, 3.63) is 0 Å². The fraction of sp³-hybridized carbons (Fsp3) is 0.824. The van der Waals surface area contributed by atoms with Crippen LogP contribution in [0.15, 0.2) is 0 Å². The lowest BCUT2D eigenvalue weighted by molar-refractivity contribution is -0.143. The number of hydrogen-bond donors (Lipinski definition) is 2. The van der Waals surface area contributed by atoms with Gasteiger partial charge >= 0.3 is 6.09 Å². The van der Waals surface area contributed by atoms with Crippen LogP contribution in [-0.2, 0) is 14.3 Å². The summed E-state index contributed by atoms with van der Waals surface area (Å²) in [5.41, 5.74) is 4.80. The van der Waals surface area contributed by atoms with Crippen LogP contribution in [0.1, 0.15) is 60.3 Å². The summed E-state index contributed by atoms with van der Waals surface area (Å²) in [6.45, 7) is 9.61. The normalized spacial score (nSPS) is 20.9. The van der Waals surface area contributed by atoms with E-state index in [2.05, 4.69) is 5.32 Å². The number of alkyl carbamates (subject to hydrolysis) is 1. The molecule has 1 fully saturated rings. The van der Waals surface area contributed by atoms with E-state index in [-0.39, 0.29) is 11.8 Å². The van der Waals surface area contributed by atoms with Gasteiger partial charge in [0.15, 0.2) is 0 Å². The third-order valence-corrected chi connectivity index (χ3v) is 4.27. The van der Waals surface area contributed by atoms with Gasteiger partial charge in [0.05, 0.1) is 0 Å². The number of carbonyl (C=O) groups excluding carboxylic acids is 3. The smallest absolute Gasteiger partial charge is 0.408 e. The standard InChI is InChI=1S/C17H31N3O4/c1-6-11(2)13(19-16(23)24-17(3,4)5)15(22)20-10-8-7-9-12(20)14(18)21/h11-13H,6-10H2,1-5H3,(H2,18,21)(H,19,23)/t11-,12-,13-/m0/s1. The quantitative estimate of drug-likeness (QED) is 0.796. The Hall–Kier alpha value is -1.79. The number of nitrogens with zero attached hydrogens (tertiary/aromatic N) is 1. The Morgan fingerprint density at radius 3 is 2.42 bits per heavy atom. The molecule has 1 saturated heterocycles. The van der Waals surface area contributed by atoms with E-state index in [1.54, 1.807) is 20.8 Å². The molecule has 1 aliphatic rings. The molecule has 3 N–H and O–H groups in total. The predicted octanol–water partition coefficient (Wildman–Crippen LogP) is 1.79. The minimum absolute atomic E-state index is 0.0829. The molecule has 7 heteroatoms. The number of amides is 3. The molecule has 0 unspecified atom stereocenters. The minimum Gasteiger partial charge on any atom is -0.444 e. The lowest BCUT2D eigenvalue weighted by Crippen LogP contribution is -2.58. The van der Waals surface area contributed by atoms with Crippen LogP contribution in [0.5, 0.6) is 0 Å². The Kier molecular flexibility index (Phi) is 7.05. The van der Waals surface area contributed by atoms with E-state index < -0.39 is 29.7 Å². The Bertz CT molecular complexity index is 473. The van der Waals surface area contributed by atoms with E-state index >= 15 is 0 Å². The zero-order valence-electron chi connectivity index (χ0n) is 15.4. The molecule has 0 aliphatic carbocycles. The number of piperidine rings is 1. The summed E-state index contributed by atoms with van der Waals surface area (Å²) in [5, 5.41) is 2.68. The van der Waals surface area contributed by atoms with Gasteiger partial charge in [-0.3, -0.25) is 9.59 Å². The van der Waals surface area contributed by atoms with Gasteiger partial charge in [0, 0.05) is 6.54 Å². The fourth-order valence-corrected chi connectivity index (χ4v) is 2.79. The molecule has 0 aromatic carbocycles. The third-order valence-electron chi connectivity index (χ3n) is 4.27. The van der Waals surface area contributed by atoms with Gasteiger partial charge in [0.1, 0.15) is 17.7 Å². The first kappa shape index (κ1) is 20.3. The lowest BCUT2D eigenvalue weighted by atomic mass is 9.94. The maximum Gasteiger partial charge on any atom is 0.408 e. The van der Waals surface area contributed by atoms with Crippen molar-refractivity contribution in [2.75, 3.05) is 6.54 Å². The fourth-order valence-electron chi connectivity index (χ4n) is 2.79. The molecule has 3 amide bonds. The molecule has 1 aliphatic heterocycles. The maximum absolute atomic E-state index is 13.0. The van der Waals surface area contributed by atoms with Crippen LogP contribution in [0.25, 0.3) is 0 Å². The molecule has 24 heavy (non-hydrogen) atoms. The first-order valence-corrected chi connectivity index (χ1v) is 8.66. The summed E-state index contributed by atoms with van der Waals surface area (Å²) in [4.78, 5) is 38.2. The van der Waals surface area contributed by atoms with Gasteiger partial charge in [-0.15, -0.1) is 0 Å². The van der Waals surface area contributed by atoms with Crippen molar-refractivity contribution < 1.29 is 19.1 Å². The highest BCUT2D eigenvalue weighted by Crippen LogP contribution is 2.21. The van der Waals surface area contributed by atoms with Gasteiger partial charge in [0.2, 0.25) is 11.8 Å². The zero-order chi connectivity index (χ0) is 18.5. The van der Waals surface area contributed by atoms with Crippen molar-refractivity contribution in [2.45, 2.75) is 78.0 Å². The Balaban J connectivity index is 2.92. The van der Waals surface area contributed by atoms with E-state index in [4.69, 9.17) is 10.5 Å². The number of rotatable bonds is 5. The topological polar surface area (TPSA) is 102 Å². The van der Waals surface area contributed by atoms with Crippen molar-refractivity contribution in [2.24, 2.45) is 11.7 Å². The average molecular weight is 341 g/mol. The summed E-state index contributed by atoms with van der Waals surface area (Å²) in [6, 6.07) is -1.33. The zero-order valence-corrected chi connectivity index (χ0v) is 15.4. The number of ether oxygens (including phenoxy) is 1. The van der Waals surface area contributed by atoms with Crippen LogP contribution in [0.2, 0.25) is 0 Å². The van der Waals surface area contributed by atoms with Crippen molar-refractivity contribution in [1.29, 1.82) is 0 Å². The molecule has 138 valence electrons. The number of hydrogen-bond acceptors (Lipinski definition) is 4. The van der Waals surface area contributed by atoms with E-state index in [9.17, 15) is 14.4 Å². The molecule has 3 atom stereocenters. The van der Waals surface area contributed by atoms with Gasteiger partial charge in [-0.05, 0) is 46.0 Å². The van der Waals surface area contributed by atoms with Gasteiger partial charge in [-0.1, -0.05) is 20.3 Å². The monoisotopic (exact) mass is 341 g/mol. The lowest BCUT2D eigenvalue weighted by Gasteiger charge is -2.37. The molecule has 0 aromatic rings. The average Bonchev–Trinajstić information content (AvgIpc) is 2.49. The Morgan fingerprint density at radius 1 is 1.29 bits per heavy atom. The SMILES string of the molecule is CC[C@H](C)[C@H](NC(=O)OC(C)(C)C)C(=O)N1CCCC[C@H]1C(N)=O. The molecule has 0 spiro atoms. The molecule has 1 heterocycles. The van der Waals surface area contributed by atoms with Crippen molar-refractivity contribution in [1.82, 2.24) is 10.2 Å². The molecule has 0 bridgehead atoms. The summed E-state index contributed by atoms with van der Waals surface area (Å²) in [5.74, 6) is -0.845. The largest absolute Gasteiger partial charge is 0.444 e. The number of carbonyl (C=O) groups is 3. The minimum atomic E-state index is -0.732. The van der Waals surface area contributed by atoms with Crippen molar-refractivity contribution in [3.63, 3.8) is 0 Å². The van der Waals surface area contributed by atoms with Crippen molar-refractivity contribution >= 4 is 17.9 Å². The number of nitrogens with one attached hydrogen (secondary N) is 1. The van der Waals surface area contributed by atoms with Crippen LogP contribution in [0, 0.1) is 5.92 Å². The van der Waals surface area contributed by atoms with Gasteiger partial charge in [-0.2, -0.15) is 0 Å². The van der Waals surface area contributed by atoms with Crippen molar-refractivity contribution in [3.8, 4) is 0 Å². The first-order valence-electron chi connectivity index (χ1n) is 8.66. The van der Waals surface area contributed by atoms with Crippen LogP contribution in [-0.4, -0.2) is 47.0 Å². The summed E-state index contributed by atoms with van der Waals surface area (Å²) in [6.07, 6.45) is 2.34. The highest BCUT2D eigenvalue weighted by atomic mass is 16.6. The van der Waals surface area contributed by atoms with E-state index in [0.717, 1.165) is 12.8 Å². The highest BCUT2D eigenvalue weighted by molar-refractivity contribution is 5.91. The van der Waals surface area contributed by atoms with Gasteiger partial charge in [-0.25, -0.2) is 4.79 Å². The van der Waals surface area contributed by atoms with Crippen LogP contribution in [0.4, 0.5) is 4.79 Å². The Morgan fingerprint density at radius 2 is 1.92 bits per heavy atom. The molecule has 0 aromatic heterocycles. The first-order chi connectivity index (χ1) is 11.1. The van der Waals surface area contributed by atoms with E-state index in [1.165, 1.54) is 4.90 Å². The molecule has 0 saturated carbocycles. The van der Waals surface area contributed by atoms with Crippen LogP contribution in [0.3, 0.4) is 0 Å². The molecule has 0 radical (unpaired) electrons. The number of nitrogens with two attached hydrogens (primary N) is 1. The number of primary amides is 1. The molecule has 7 nitrogen and oxygen atoms in total. The van der Waals surface area contributed by atoms with Crippen LogP contribution < -0.4 is 11.1 Å². The van der Waals surface area contributed by atoms with E-state index in [0.29, 0.717) is 19.4 Å². The second-order valence-corrected chi connectivity index (χ2v) is 7.46. The summed E-state index contributed by atoms with van der Waals surface area (Å²) < 4.78 is 5.26. The maximum atomic E-state index is 13.0. The Labute approximate surface area is 144 Å². The predicted molar refractivity (Wildman–Crippen MR) is 91.2 cm³/mol. The second kappa shape index (κ2) is 8.35. The highest BCUT2D eigenvalue weighted by Gasteiger charge is 2.37. The van der Waals surface area contributed by atoms with Gasteiger partial charge in [0.25, 0.3) is 0 Å². The van der Waals surface area contributed by atoms with Crippen LogP contribution >= 0.6 is 0 Å².